The molecule has 0 N–H and O–H groups in total. The number of unbranched alkanes of at least 4 members (excludes halogenated alkanes) is 1. The Morgan fingerprint density at radius 1 is 1.16 bits per heavy atom. The minimum absolute atomic E-state index is 0.551. The predicted molar refractivity (Wildman–Crippen MR) is 103 cm³/mol. The lowest BCUT2D eigenvalue weighted by atomic mass is 10.3. The average molecular weight is 381 g/mol. The maximum absolute atomic E-state index is 6.28. The van der Waals surface area contributed by atoms with Crippen LogP contribution in [0.2, 0.25) is 10.0 Å². The van der Waals surface area contributed by atoms with Crippen LogP contribution in [-0.2, 0) is 6.54 Å². The molecule has 8 heteroatoms. The predicted octanol–water partition coefficient (Wildman–Crippen LogP) is 3.58. The van der Waals surface area contributed by atoms with Crippen LogP contribution in [0.3, 0.4) is 0 Å². The summed E-state index contributed by atoms with van der Waals surface area (Å²) in [5.41, 5.74) is 0. The van der Waals surface area contributed by atoms with E-state index < -0.39 is 0 Å². The fourth-order valence-electron chi connectivity index (χ4n) is 3.02. The van der Waals surface area contributed by atoms with Crippen LogP contribution in [0.25, 0.3) is 0 Å². The molecule has 0 saturated carbocycles. The van der Waals surface area contributed by atoms with Crippen molar-refractivity contribution in [2.24, 2.45) is 0 Å². The second kappa shape index (κ2) is 8.06. The van der Waals surface area contributed by atoms with E-state index in [0.717, 1.165) is 63.2 Å². The molecular formula is C17H22Cl2N6. The molecule has 0 aromatic carbocycles. The zero-order valence-electron chi connectivity index (χ0n) is 14.3. The van der Waals surface area contributed by atoms with Crippen molar-refractivity contribution in [3.63, 3.8) is 0 Å². The summed E-state index contributed by atoms with van der Waals surface area (Å²) in [4.78, 5) is 8.82. The molecule has 0 bridgehead atoms. The number of nitrogens with zero attached hydrogens (tertiary/aromatic N) is 6. The summed E-state index contributed by atoms with van der Waals surface area (Å²) < 4.78 is 2.19. The van der Waals surface area contributed by atoms with Gasteiger partial charge in [0.2, 0.25) is 5.95 Å². The third kappa shape index (κ3) is 4.07. The molecule has 0 amide bonds. The first kappa shape index (κ1) is 18.0. The summed E-state index contributed by atoms with van der Waals surface area (Å²) in [6.45, 7) is 10.0. The summed E-state index contributed by atoms with van der Waals surface area (Å²) in [7, 11) is 0. The Morgan fingerprint density at radius 3 is 2.56 bits per heavy atom. The number of piperazine rings is 1. The average Bonchev–Trinajstić information content (AvgIpc) is 2.96. The van der Waals surface area contributed by atoms with Gasteiger partial charge >= 0.3 is 0 Å². The van der Waals surface area contributed by atoms with Crippen molar-refractivity contribution >= 4 is 35.0 Å². The molecule has 134 valence electrons. The third-order valence-electron chi connectivity index (χ3n) is 4.36. The molecule has 0 unspecified atom stereocenters. The van der Waals surface area contributed by atoms with Crippen LogP contribution in [0.15, 0.2) is 24.9 Å². The molecule has 3 heterocycles. The number of pyridine rings is 1. The van der Waals surface area contributed by atoms with Crippen LogP contribution < -0.4 is 9.80 Å². The number of rotatable bonds is 6. The van der Waals surface area contributed by atoms with Crippen molar-refractivity contribution in [2.45, 2.75) is 26.3 Å². The molecule has 0 atom stereocenters. The molecule has 1 fully saturated rings. The Balaban J connectivity index is 1.67. The maximum atomic E-state index is 6.28. The van der Waals surface area contributed by atoms with E-state index in [1.54, 1.807) is 12.3 Å². The molecule has 0 aliphatic carbocycles. The quantitative estimate of drug-likeness (QED) is 0.566. The van der Waals surface area contributed by atoms with Crippen molar-refractivity contribution in [3.8, 4) is 0 Å². The Kier molecular flexibility index (Phi) is 5.81. The molecule has 6 nitrogen and oxygen atoms in total. The van der Waals surface area contributed by atoms with Crippen LogP contribution in [0, 0.1) is 6.92 Å². The van der Waals surface area contributed by atoms with Gasteiger partial charge in [0.05, 0.1) is 10.0 Å². The summed E-state index contributed by atoms with van der Waals surface area (Å²) in [5.74, 6) is 2.68. The highest BCUT2D eigenvalue weighted by Gasteiger charge is 2.23. The molecule has 0 radical (unpaired) electrons. The smallest absolute Gasteiger partial charge is 0.227 e. The summed E-state index contributed by atoms with van der Waals surface area (Å²) in [5, 5.41) is 9.77. The largest absolute Gasteiger partial charge is 0.352 e. The second-order valence-corrected chi connectivity index (χ2v) is 6.91. The van der Waals surface area contributed by atoms with E-state index in [4.69, 9.17) is 23.2 Å². The first-order chi connectivity index (χ1) is 12.1. The normalized spacial score (nSPS) is 14.8. The van der Waals surface area contributed by atoms with Gasteiger partial charge in [-0.05, 0) is 25.8 Å². The van der Waals surface area contributed by atoms with Crippen molar-refractivity contribution in [2.75, 3.05) is 36.0 Å². The van der Waals surface area contributed by atoms with Gasteiger partial charge in [-0.2, -0.15) is 0 Å². The summed E-state index contributed by atoms with van der Waals surface area (Å²) in [6, 6.07) is 1.73. The molecule has 2 aromatic rings. The number of hydrogen-bond acceptors (Lipinski definition) is 5. The van der Waals surface area contributed by atoms with Crippen LogP contribution in [0.5, 0.6) is 0 Å². The van der Waals surface area contributed by atoms with Gasteiger partial charge in [0.1, 0.15) is 11.6 Å². The van der Waals surface area contributed by atoms with Crippen molar-refractivity contribution in [1.29, 1.82) is 0 Å². The third-order valence-corrected chi connectivity index (χ3v) is 4.84. The Bertz CT molecular complexity index is 737. The minimum Gasteiger partial charge on any atom is -0.352 e. The van der Waals surface area contributed by atoms with Gasteiger partial charge in [-0.3, -0.25) is 4.57 Å². The number of allylic oxidation sites excluding steroid dienone is 1. The highest BCUT2D eigenvalue weighted by molar-refractivity contribution is 6.36. The van der Waals surface area contributed by atoms with E-state index in [9.17, 15) is 0 Å². The van der Waals surface area contributed by atoms with Crippen molar-refractivity contribution in [3.05, 3.63) is 40.8 Å². The van der Waals surface area contributed by atoms with Gasteiger partial charge in [-0.1, -0.05) is 29.3 Å². The molecule has 2 aromatic heterocycles. The lowest BCUT2D eigenvalue weighted by molar-refractivity contribution is 0.586. The van der Waals surface area contributed by atoms with Gasteiger partial charge in [0, 0.05) is 38.9 Å². The van der Waals surface area contributed by atoms with E-state index in [1.807, 2.05) is 13.0 Å². The Labute approximate surface area is 158 Å². The molecule has 1 aliphatic heterocycles. The topological polar surface area (TPSA) is 50.1 Å². The van der Waals surface area contributed by atoms with E-state index in [-0.39, 0.29) is 0 Å². The van der Waals surface area contributed by atoms with Crippen molar-refractivity contribution < 1.29 is 0 Å². The van der Waals surface area contributed by atoms with Crippen LogP contribution in [-0.4, -0.2) is 45.9 Å². The number of halogens is 2. The zero-order valence-corrected chi connectivity index (χ0v) is 15.8. The monoisotopic (exact) mass is 380 g/mol. The molecule has 1 aliphatic rings. The highest BCUT2D eigenvalue weighted by Crippen LogP contribution is 2.27. The van der Waals surface area contributed by atoms with Gasteiger partial charge in [0.25, 0.3) is 0 Å². The molecule has 25 heavy (non-hydrogen) atoms. The van der Waals surface area contributed by atoms with E-state index in [1.165, 1.54) is 0 Å². The minimum atomic E-state index is 0.551. The molecule has 1 saturated heterocycles. The van der Waals surface area contributed by atoms with Crippen LogP contribution >= 0.6 is 23.2 Å². The summed E-state index contributed by atoms with van der Waals surface area (Å²) >= 11 is 12.2. The van der Waals surface area contributed by atoms with Gasteiger partial charge in [-0.25, -0.2) is 4.98 Å². The SMILES string of the molecule is C=CCCCn1c(C)nnc1N1CCN(c2ncc(Cl)cc2Cl)CC1. The fourth-order valence-corrected chi connectivity index (χ4v) is 3.52. The lowest BCUT2D eigenvalue weighted by Crippen LogP contribution is -2.47. The van der Waals surface area contributed by atoms with Crippen LogP contribution in [0.1, 0.15) is 18.7 Å². The highest BCUT2D eigenvalue weighted by atomic mass is 35.5. The van der Waals surface area contributed by atoms with Gasteiger partial charge < -0.3 is 9.80 Å². The fraction of sp³-hybridized carbons (Fsp3) is 0.471. The molecule has 0 spiro atoms. The van der Waals surface area contributed by atoms with E-state index in [2.05, 4.69) is 36.1 Å². The number of anilines is 2. The lowest BCUT2D eigenvalue weighted by Gasteiger charge is -2.36. The number of hydrogen-bond donors (Lipinski definition) is 0. The first-order valence-electron chi connectivity index (χ1n) is 8.42. The zero-order chi connectivity index (χ0) is 17.8. The summed E-state index contributed by atoms with van der Waals surface area (Å²) in [6.07, 6.45) is 5.61. The van der Waals surface area contributed by atoms with Crippen molar-refractivity contribution in [1.82, 2.24) is 19.7 Å². The number of aromatic nitrogens is 4. The van der Waals surface area contributed by atoms with E-state index in [0.29, 0.717) is 10.0 Å². The number of aryl methyl sites for hydroxylation is 1. The standard InChI is InChI=1S/C17H22Cl2N6/c1-3-4-5-6-25-13(2)21-22-17(25)24-9-7-23(8-10-24)16-15(19)11-14(18)12-20-16/h3,11-12H,1,4-10H2,2H3. The molecular weight excluding hydrogens is 359 g/mol. The second-order valence-electron chi connectivity index (χ2n) is 6.06. The maximum Gasteiger partial charge on any atom is 0.227 e. The Hall–Kier alpha value is -1.79. The van der Waals surface area contributed by atoms with Gasteiger partial charge in [-0.15, -0.1) is 16.8 Å². The van der Waals surface area contributed by atoms with Gasteiger partial charge in [0.15, 0.2) is 0 Å². The first-order valence-corrected chi connectivity index (χ1v) is 9.17. The van der Waals surface area contributed by atoms with Crippen LogP contribution in [0.4, 0.5) is 11.8 Å². The van der Waals surface area contributed by atoms with E-state index >= 15 is 0 Å². The molecule has 3 rings (SSSR count). The Morgan fingerprint density at radius 2 is 1.88 bits per heavy atom.